The lowest BCUT2D eigenvalue weighted by atomic mass is 10.0. The summed E-state index contributed by atoms with van der Waals surface area (Å²) >= 11 is 1.40. The molecule has 1 atom stereocenters. The Balaban J connectivity index is 2.02. The van der Waals surface area contributed by atoms with Crippen molar-refractivity contribution in [1.82, 2.24) is 4.98 Å². The van der Waals surface area contributed by atoms with E-state index in [1.165, 1.54) is 11.3 Å². The number of anilines is 2. The zero-order valence-electron chi connectivity index (χ0n) is 12.2. The predicted octanol–water partition coefficient (Wildman–Crippen LogP) is 2.77. The Morgan fingerprint density at radius 2 is 2.19 bits per heavy atom. The molecule has 0 saturated carbocycles. The summed E-state index contributed by atoms with van der Waals surface area (Å²) in [5.41, 5.74) is 8.17. The fourth-order valence-corrected chi connectivity index (χ4v) is 2.95. The number of carbonyl (C=O) groups excluding carboxylic acids is 1. The lowest BCUT2D eigenvalue weighted by Gasteiger charge is -2.34. The number of nitrogens with zero attached hydrogens (tertiary/aromatic N) is 2. The first-order valence-corrected chi connectivity index (χ1v) is 7.65. The van der Waals surface area contributed by atoms with E-state index in [4.69, 9.17) is 10.5 Å². The number of carbonyl (C=O) groups is 1. The standard InChI is InChI=1S/C15H17N3O2S/c1-8(2)13-14(19)18(3)11-6-9(4-5-12(11)20-13)10-7-21-15(16)17-10/h4-8,13H,1-3H3,(H2,16,17). The predicted molar refractivity (Wildman–Crippen MR) is 84.6 cm³/mol. The molecule has 0 aliphatic carbocycles. The Kier molecular flexibility index (Phi) is 3.33. The zero-order chi connectivity index (χ0) is 15.1. The van der Waals surface area contributed by atoms with E-state index in [0.29, 0.717) is 5.13 Å². The van der Waals surface area contributed by atoms with Crippen molar-refractivity contribution >= 4 is 28.1 Å². The molecule has 110 valence electrons. The molecule has 2 aromatic rings. The highest BCUT2D eigenvalue weighted by Crippen LogP contribution is 2.38. The van der Waals surface area contributed by atoms with E-state index in [1.54, 1.807) is 11.9 Å². The number of amides is 1. The first kappa shape index (κ1) is 13.9. The molecular weight excluding hydrogens is 286 g/mol. The molecule has 1 amide bonds. The van der Waals surface area contributed by atoms with Crippen LogP contribution in [0.25, 0.3) is 11.3 Å². The van der Waals surface area contributed by atoms with Gasteiger partial charge in [-0.05, 0) is 24.1 Å². The van der Waals surface area contributed by atoms with Gasteiger partial charge in [-0.15, -0.1) is 11.3 Å². The van der Waals surface area contributed by atoms with Crippen molar-refractivity contribution in [2.75, 3.05) is 17.7 Å². The number of nitrogen functional groups attached to an aromatic ring is 1. The third-order valence-corrected chi connectivity index (χ3v) is 4.25. The molecule has 5 nitrogen and oxygen atoms in total. The highest BCUT2D eigenvalue weighted by Gasteiger charge is 2.34. The number of benzene rings is 1. The highest BCUT2D eigenvalue weighted by molar-refractivity contribution is 7.13. The van der Waals surface area contributed by atoms with Gasteiger partial charge in [-0.3, -0.25) is 4.79 Å². The Morgan fingerprint density at radius 1 is 1.43 bits per heavy atom. The van der Waals surface area contributed by atoms with Crippen LogP contribution in [0.4, 0.5) is 10.8 Å². The second-order valence-electron chi connectivity index (χ2n) is 5.43. The van der Waals surface area contributed by atoms with Crippen molar-refractivity contribution in [2.24, 2.45) is 5.92 Å². The van der Waals surface area contributed by atoms with Crippen molar-refractivity contribution in [3.63, 3.8) is 0 Å². The number of hydrogen-bond acceptors (Lipinski definition) is 5. The number of hydrogen-bond donors (Lipinski definition) is 1. The Bertz CT molecular complexity index is 696. The maximum atomic E-state index is 12.3. The summed E-state index contributed by atoms with van der Waals surface area (Å²) in [6, 6.07) is 5.74. The van der Waals surface area contributed by atoms with Crippen LogP contribution in [-0.2, 0) is 4.79 Å². The molecule has 1 aromatic heterocycles. The lowest BCUT2D eigenvalue weighted by molar-refractivity contribution is -0.127. The molecule has 1 aliphatic rings. The van der Waals surface area contributed by atoms with E-state index >= 15 is 0 Å². The highest BCUT2D eigenvalue weighted by atomic mass is 32.1. The Morgan fingerprint density at radius 3 is 2.81 bits per heavy atom. The van der Waals surface area contributed by atoms with Crippen LogP contribution in [0.3, 0.4) is 0 Å². The van der Waals surface area contributed by atoms with Crippen molar-refractivity contribution in [1.29, 1.82) is 0 Å². The van der Waals surface area contributed by atoms with Gasteiger partial charge >= 0.3 is 0 Å². The zero-order valence-corrected chi connectivity index (χ0v) is 13.0. The summed E-state index contributed by atoms with van der Waals surface area (Å²) in [4.78, 5) is 18.3. The number of fused-ring (bicyclic) bond motifs is 1. The molecule has 0 spiro atoms. The minimum Gasteiger partial charge on any atom is -0.478 e. The quantitative estimate of drug-likeness (QED) is 0.926. The Hall–Kier alpha value is -2.08. The average molecular weight is 303 g/mol. The molecule has 3 rings (SSSR count). The van der Waals surface area contributed by atoms with Crippen LogP contribution in [0.5, 0.6) is 5.75 Å². The molecule has 0 fully saturated rings. The van der Waals surface area contributed by atoms with Gasteiger partial charge in [-0.2, -0.15) is 0 Å². The van der Waals surface area contributed by atoms with E-state index < -0.39 is 6.10 Å². The van der Waals surface area contributed by atoms with E-state index in [2.05, 4.69) is 4.98 Å². The fourth-order valence-electron chi connectivity index (χ4n) is 2.38. The van der Waals surface area contributed by atoms with Crippen molar-refractivity contribution < 1.29 is 9.53 Å². The summed E-state index contributed by atoms with van der Waals surface area (Å²) in [6.45, 7) is 3.96. The molecule has 1 unspecified atom stereocenters. The van der Waals surface area contributed by atoms with Crippen LogP contribution in [0.15, 0.2) is 23.6 Å². The number of ether oxygens (including phenoxy) is 1. The second kappa shape index (κ2) is 5.04. The van der Waals surface area contributed by atoms with Crippen LogP contribution in [0.2, 0.25) is 0 Å². The van der Waals surface area contributed by atoms with Gasteiger partial charge in [0.1, 0.15) is 5.75 Å². The van der Waals surface area contributed by atoms with Crippen LogP contribution in [0.1, 0.15) is 13.8 Å². The second-order valence-corrected chi connectivity index (χ2v) is 6.32. The third-order valence-electron chi connectivity index (χ3n) is 3.57. The summed E-state index contributed by atoms with van der Waals surface area (Å²) in [5.74, 6) is 0.835. The van der Waals surface area contributed by atoms with Gasteiger partial charge in [-0.1, -0.05) is 13.8 Å². The largest absolute Gasteiger partial charge is 0.478 e. The van der Waals surface area contributed by atoms with Crippen LogP contribution in [-0.4, -0.2) is 24.0 Å². The maximum absolute atomic E-state index is 12.3. The van der Waals surface area contributed by atoms with Crippen LogP contribution in [0, 0.1) is 5.92 Å². The Labute approximate surface area is 127 Å². The average Bonchev–Trinajstić information content (AvgIpc) is 2.88. The molecule has 0 bridgehead atoms. The van der Waals surface area contributed by atoms with Gasteiger partial charge in [0.25, 0.3) is 5.91 Å². The molecule has 0 radical (unpaired) electrons. The van der Waals surface area contributed by atoms with Gasteiger partial charge in [-0.25, -0.2) is 4.98 Å². The molecule has 1 aromatic carbocycles. The normalized spacial score (nSPS) is 17.8. The molecular formula is C15H17N3O2S. The van der Waals surface area contributed by atoms with Crippen molar-refractivity contribution in [3.8, 4) is 17.0 Å². The summed E-state index contributed by atoms with van der Waals surface area (Å²) in [7, 11) is 1.78. The van der Waals surface area contributed by atoms with Gasteiger partial charge in [0.15, 0.2) is 11.2 Å². The van der Waals surface area contributed by atoms with Crippen molar-refractivity contribution in [2.45, 2.75) is 20.0 Å². The fraction of sp³-hybridized carbons (Fsp3) is 0.333. The maximum Gasteiger partial charge on any atom is 0.268 e. The smallest absolute Gasteiger partial charge is 0.268 e. The minimum atomic E-state index is -0.428. The number of likely N-dealkylation sites (N-methyl/N-ethyl adjacent to an activating group) is 1. The van der Waals surface area contributed by atoms with Gasteiger partial charge in [0.2, 0.25) is 0 Å². The molecule has 1 aliphatic heterocycles. The van der Waals surface area contributed by atoms with Crippen LogP contribution >= 0.6 is 11.3 Å². The minimum absolute atomic E-state index is 0.0209. The monoisotopic (exact) mass is 303 g/mol. The number of rotatable bonds is 2. The molecule has 6 heteroatoms. The van der Waals surface area contributed by atoms with E-state index in [-0.39, 0.29) is 11.8 Å². The summed E-state index contributed by atoms with van der Waals surface area (Å²) in [6.07, 6.45) is -0.428. The van der Waals surface area contributed by atoms with Gasteiger partial charge < -0.3 is 15.4 Å². The van der Waals surface area contributed by atoms with E-state index in [0.717, 1.165) is 22.7 Å². The first-order chi connectivity index (χ1) is 9.97. The number of nitrogens with two attached hydrogens (primary N) is 1. The number of aromatic nitrogens is 1. The molecule has 2 N–H and O–H groups in total. The van der Waals surface area contributed by atoms with Crippen molar-refractivity contribution in [3.05, 3.63) is 23.6 Å². The lowest BCUT2D eigenvalue weighted by Crippen LogP contribution is -2.46. The third kappa shape index (κ3) is 2.35. The van der Waals surface area contributed by atoms with E-state index in [1.807, 2.05) is 37.4 Å². The topological polar surface area (TPSA) is 68.5 Å². The van der Waals surface area contributed by atoms with Gasteiger partial charge in [0, 0.05) is 18.0 Å². The summed E-state index contributed by atoms with van der Waals surface area (Å²) in [5, 5.41) is 2.43. The van der Waals surface area contributed by atoms with Crippen LogP contribution < -0.4 is 15.4 Å². The first-order valence-electron chi connectivity index (χ1n) is 6.77. The van der Waals surface area contributed by atoms with Gasteiger partial charge in [0.05, 0.1) is 11.4 Å². The SMILES string of the molecule is CC(C)C1Oc2ccc(-c3csc(N)n3)cc2N(C)C1=O. The molecule has 2 heterocycles. The molecule has 21 heavy (non-hydrogen) atoms. The summed E-state index contributed by atoms with van der Waals surface area (Å²) < 4.78 is 5.84. The molecule has 0 saturated heterocycles. The van der Waals surface area contributed by atoms with E-state index in [9.17, 15) is 4.79 Å². The number of thiazole rings is 1.